The molecule has 0 radical (unpaired) electrons. The fourth-order valence-electron chi connectivity index (χ4n) is 2.49. The van der Waals surface area contributed by atoms with E-state index >= 15 is 0 Å². The molecular weight excluding hydrogens is 274 g/mol. The highest BCUT2D eigenvalue weighted by Crippen LogP contribution is 2.14. The van der Waals surface area contributed by atoms with E-state index in [1.54, 1.807) is 18.9 Å². The zero-order valence-electron chi connectivity index (χ0n) is 13.0. The summed E-state index contributed by atoms with van der Waals surface area (Å²) in [5.74, 6) is -1.65. The van der Waals surface area contributed by atoms with Gasteiger partial charge in [-0.3, -0.25) is 14.9 Å². The summed E-state index contributed by atoms with van der Waals surface area (Å²) in [6.07, 6.45) is 1.75. The second-order valence-corrected chi connectivity index (χ2v) is 5.91. The van der Waals surface area contributed by atoms with Gasteiger partial charge in [0.1, 0.15) is 0 Å². The topological polar surface area (TPSA) is 89.9 Å². The van der Waals surface area contributed by atoms with Crippen molar-refractivity contribution < 1.29 is 19.5 Å². The van der Waals surface area contributed by atoms with Crippen LogP contribution >= 0.6 is 0 Å². The van der Waals surface area contributed by atoms with Gasteiger partial charge in [-0.2, -0.15) is 0 Å². The number of amides is 3. The molecule has 0 aliphatic carbocycles. The average molecular weight is 299 g/mol. The van der Waals surface area contributed by atoms with Crippen molar-refractivity contribution in [1.82, 2.24) is 15.1 Å². The molecule has 1 aliphatic heterocycles. The summed E-state index contributed by atoms with van der Waals surface area (Å²) in [5, 5.41) is 11.0. The van der Waals surface area contributed by atoms with Crippen LogP contribution in [0.25, 0.3) is 0 Å². The zero-order valence-corrected chi connectivity index (χ0v) is 13.0. The molecule has 1 saturated heterocycles. The summed E-state index contributed by atoms with van der Waals surface area (Å²) in [6, 6.07) is -0.262. The molecule has 0 aromatic rings. The number of hydrogen-bond acceptors (Lipinski definition) is 4. The van der Waals surface area contributed by atoms with Gasteiger partial charge in [-0.25, -0.2) is 4.79 Å². The molecular formula is C14H25N3O4. The molecule has 0 spiro atoms. The van der Waals surface area contributed by atoms with Crippen LogP contribution in [0.1, 0.15) is 32.6 Å². The Kier molecular flexibility index (Phi) is 6.61. The molecule has 1 aliphatic rings. The molecule has 1 fully saturated rings. The third-order valence-corrected chi connectivity index (χ3v) is 3.86. The van der Waals surface area contributed by atoms with Crippen LogP contribution in [0.5, 0.6) is 0 Å². The molecule has 7 heteroatoms. The standard InChI is InChI=1S/C14H25N3O4/c1-10(9-13(19)20)8-12(18)15-14(21)17(3)11-4-6-16(2)7-5-11/h10-11H,4-9H2,1-3H3,(H,19,20)(H,15,18,21). The van der Waals surface area contributed by atoms with Crippen LogP contribution in [0.4, 0.5) is 4.79 Å². The van der Waals surface area contributed by atoms with Gasteiger partial charge in [0.25, 0.3) is 0 Å². The van der Waals surface area contributed by atoms with E-state index in [9.17, 15) is 14.4 Å². The van der Waals surface area contributed by atoms with E-state index in [0.29, 0.717) is 0 Å². The first-order chi connectivity index (χ1) is 9.79. The van der Waals surface area contributed by atoms with E-state index in [1.807, 2.05) is 7.05 Å². The highest BCUT2D eigenvalue weighted by Gasteiger charge is 2.25. The van der Waals surface area contributed by atoms with Crippen LogP contribution in [0.2, 0.25) is 0 Å². The van der Waals surface area contributed by atoms with Gasteiger partial charge < -0.3 is 14.9 Å². The average Bonchev–Trinajstić information content (AvgIpc) is 2.37. The maximum absolute atomic E-state index is 12.0. The third-order valence-electron chi connectivity index (χ3n) is 3.86. The lowest BCUT2D eigenvalue weighted by atomic mass is 10.0. The summed E-state index contributed by atoms with van der Waals surface area (Å²) in [4.78, 5) is 38.1. The van der Waals surface area contributed by atoms with E-state index in [2.05, 4.69) is 10.2 Å². The fraction of sp³-hybridized carbons (Fsp3) is 0.786. The molecule has 0 aromatic heterocycles. The predicted octanol–water partition coefficient (Wildman–Crippen LogP) is 0.750. The molecule has 1 atom stereocenters. The first-order valence-corrected chi connectivity index (χ1v) is 7.26. The van der Waals surface area contributed by atoms with Gasteiger partial charge in [0.2, 0.25) is 5.91 Å². The molecule has 0 saturated carbocycles. The van der Waals surface area contributed by atoms with Crippen LogP contribution in [0.3, 0.4) is 0 Å². The Balaban J connectivity index is 2.37. The molecule has 0 bridgehead atoms. The van der Waals surface area contributed by atoms with Crippen LogP contribution in [-0.4, -0.2) is 66.0 Å². The maximum atomic E-state index is 12.0. The first-order valence-electron chi connectivity index (χ1n) is 7.26. The molecule has 21 heavy (non-hydrogen) atoms. The lowest BCUT2D eigenvalue weighted by molar-refractivity contribution is -0.138. The molecule has 3 amide bonds. The monoisotopic (exact) mass is 299 g/mol. The van der Waals surface area contributed by atoms with Crippen molar-refractivity contribution in [3.8, 4) is 0 Å². The Hall–Kier alpha value is -1.63. The largest absolute Gasteiger partial charge is 0.481 e. The Morgan fingerprint density at radius 2 is 1.86 bits per heavy atom. The quantitative estimate of drug-likeness (QED) is 0.782. The van der Waals surface area contributed by atoms with E-state index in [1.165, 1.54) is 0 Å². The lowest BCUT2D eigenvalue weighted by Crippen LogP contribution is -2.49. The molecule has 1 unspecified atom stereocenters. The van der Waals surface area contributed by atoms with Gasteiger partial charge >= 0.3 is 12.0 Å². The maximum Gasteiger partial charge on any atom is 0.324 e. The van der Waals surface area contributed by atoms with Crippen LogP contribution in [-0.2, 0) is 9.59 Å². The van der Waals surface area contributed by atoms with E-state index in [-0.39, 0.29) is 24.8 Å². The van der Waals surface area contributed by atoms with Crippen LogP contribution in [0, 0.1) is 5.92 Å². The van der Waals surface area contributed by atoms with Gasteiger partial charge in [-0.15, -0.1) is 0 Å². The Labute approximate surface area is 125 Å². The fourth-order valence-corrected chi connectivity index (χ4v) is 2.49. The normalized spacial score (nSPS) is 18.0. The van der Waals surface area contributed by atoms with Crippen molar-refractivity contribution in [2.75, 3.05) is 27.2 Å². The van der Waals surface area contributed by atoms with E-state index in [4.69, 9.17) is 5.11 Å². The SMILES string of the molecule is CC(CC(=O)O)CC(=O)NC(=O)N(C)C1CCN(C)CC1. The van der Waals surface area contributed by atoms with Gasteiger partial charge in [0.15, 0.2) is 0 Å². The minimum atomic E-state index is -0.940. The van der Waals surface area contributed by atoms with Gasteiger partial charge in [-0.05, 0) is 38.9 Å². The van der Waals surface area contributed by atoms with E-state index < -0.39 is 17.9 Å². The van der Waals surface area contributed by atoms with Crippen molar-refractivity contribution in [3.05, 3.63) is 0 Å². The van der Waals surface area contributed by atoms with Gasteiger partial charge in [0.05, 0.1) is 0 Å². The Bertz CT molecular complexity index is 392. The number of aliphatic carboxylic acids is 1. The second kappa shape index (κ2) is 7.97. The highest BCUT2D eigenvalue weighted by molar-refractivity contribution is 5.94. The summed E-state index contributed by atoms with van der Waals surface area (Å²) in [7, 11) is 3.74. The minimum absolute atomic E-state index is 0.0410. The molecule has 7 nitrogen and oxygen atoms in total. The third kappa shape index (κ3) is 6.12. The Morgan fingerprint density at radius 3 is 2.38 bits per heavy atom. The van der Waals surface area contributed by atoms with Crippen molar-refractivity contribution in [1.29, 1.82) is 0 Å². The zero-order chi connectivity index (χ0) is 16.0. The molecule has 120 valence electrons. The lowest BCUT2D eigenvalue weighted by Gasteiger charge is -2.34. The number of nitrogens with one attached hydrogen (secondary N) is 1. The van der Waals surface area contributed by atoms with Crippen LogP contribution in [0.15, 0.2) is 0 Å². The number of nitrogens with zero attached hydrogens (tertiary/aromatic N) is 2. The summed E-state index contributed by atoms with van der Waals surface area (Å²) < 4.78 is 0. The summed E-state index contributed by atoms with van der Waals surface area (Å²) >= 11 is 0. The number of piperidine rings is 1. The number of hydrogen-bond donors (Lipinski definition) is 2. The number of carboxylic acids is 1. The predicted molar refractivity (Wildman–Crippen MR) is 77.9 cm³/mol. The summed E-state index contributed by atoms with van der Waals surface area (Å²) in [6.45, 7) is 3.55. The Morgan fingerprint density at radius 1 is 1.29 bits per heavy atom. The molecule has 1 rings (SSSR count). The van der Waals surface area contributed by atoms with Crippen molar-refractivity contribution >= 4 is 17.9 Å². The number of carboxylic acid groups (broad SMARTS) is 1. The molecule has 1 heterocycles. The molecule has 0 aromatic carbocycles. The van der Waals surface area contributed by atoms with E-state index in [0.717, 1.165) is 25.9 Å². The number of imide groups is 1. The smallest absolute Gasteiger partial charge is 0.324 e. The number of carbonyl (C=O) groups excluding carboxylic acids is 2. The number of carbonyl (C=O) groups is 3. The first kappa shape index (κ1) is 17.4. The molecule has 2 N–H and O–H groups in total. The van der Waals surface area contributed by atoms with Gasteiger partial charge in [-0.1, -0.05) is 6.92 Å². The van der Waals surface area contributed by atoms with Crippen LogP contribution < -0.4 is 5.32 Å². The number of urea groups is 1. The van der Waals surface area contributed by atoms with Gasteiger partial charge in [0, 0.05) is 25.9 Å². The van der Waals surface area contributed by atoms with Crippen molar-refractivity contribution in [3.63, 3.8) is 0 Å². The second-order valence-electron chi connectivity index (χ2n) is 5.91. The number of rotatable bonds is 5. The van der Waals surface area contributed by atoms with Crippen molar-refractivity contribution in [2.24, 2.45) is 5.92 Å². The summed E-state index contributed by atoms with van der Waals surface area (Å²) in [5.41, 5.74) is 0. The highest BCUT2D eigenvalue weighted by atomic mass is 16.4. The number of likely N-dealkylation sites (tertiary alicyclic amines) is 1. The van der Waals surface area contributed by atoms with Crippen molar-refractivity contribution in [2.45, 2.75) is 38.6 Å². The minimum Gasteiger partial charge on any atom is -0.481 e.